The number of nitrogens with zero attached hydrogens (tertiary/aromatic N) is 2. The average Bonchev–Trinajstić information content (AvgIpc) is 2.88. The van der Waals surface area contributed by atoms with E-state index in [-0.39, 0.29) is 23.4 Å². The van der Waals surface area contributed by atoms with Crippen molar-refractivity contribution in [1.29, 1.82) is 0 Å². The Balaban J connectivity index is 2.09. The molecule has 0 fully saturated rings. The van der Waals surface area contributed by atoms with E-state index >= 15 is 0 Å². The van der Waals surface area contributed by atoms with Crippen LogP contribution in [0.2, 0.25) is 0 Å². The number of hydrogen-bond donors (Lipinski definition) is 1. The topological polar surface area (TPSA) is 81.5 Å². The first kappa shape index (κ1) is 13.4. The maximum absolute atomic E-state index is 11.4. The molecule has 1 aromatic carbocycles. The molecule has 0 saturated heterocycles. The van der Waals surface area contributed by atoms with E-state index in [1.54, 1.807) is 31.2 Å². The first-order chi connectivity index (χ1) is 9.22. The highest BCUT2D eigenvalue weighted by molar-refractivity contribution is 7.14. The van der Waals surface area contributed by atoms with Crippen molar-refractivity contribution in [3.8, 4) is 10.9 Å². The highest BCUT2D eigenvalue weighted by Gasteiger charge is 2.14. The Labute approximate surface area is 113 Å². The van der Waals surface area contributed by atoms with Crippen LogP contribution in [0.25, 0.3) is 0 Å². The molecule has 0 amide bonds. The van der Waals surface area contributed by atoms with Gasteiger partial charge in [-0.15, -0.1) is 5.10 Å². The van der Waals surface area contributed by atoms with Crippen molar-refractivity contribution in [3.63, 3.8) is 0 Å². The van der Waals surface area contributed by atoms with Crippen molar-refractivity contribution < 1.29 is 19.4 Å². The normalized spacial score (nSPS) is 10.2. The van der Waals surface area contributed by atoms with E-state index in [1.165, 1.54) is 0 Å². The molecule has 1 aromatic heterocycles. The lowest BCUT2D eigenvalue weighted by molar-refractivity contribution is 0.0525. The van der Waals surface area contributed by atoms with Gasteiger partial charge in [-0.3, -0.25) is 0 Å². The summed E-state index contributed by atoms with van der Waals surface area (Å²) in [4.78, 5) is 11.4. The summed E-state index contributed by atoms with van der Waals surface area (Å²) in [6.45, 7) is 1.94. The molecule has 2 rings (SSSR count). The Morgan fingerprint density at radius 1 is 1.42 bits per heavy atom. The van der Waals surface area contributed by atoms with Crippen LogP contribution in [0, 0.1) is 0 Å². The van der Waals surface area contributed by atoms with Gasteiger partial charge >= 0.3 is 5.97 Å². The van der Waals surface area contributed by atoms with Gasteiger partial charge in [0.05, 0.1) is 13.2 Å². The number of carbonyl (C=O) groups excluding carboxylic acids is 1. The largest absolute Gasteiger partial charge is 0.461 e. The van der Waals surface area contributed by atoms with Crippen molar-refractivity contribution >= 4 is 17.3 Å². The third kappa shape index (κ3) is 3.49. The van der Waals surface area contributed by atoms with Gasteiger partial charge in [0.25, 0.3) is 5.19 Å². The van der Waals surface area contributed by atoms with Crippen molar-refractivity contribution in [3.05, 3.63) is 34.8 Å². The van der Waals surface area contributed by atoms with Gasteiger partial charge in [-0.25, -0.2) is 4.79 Å². The predicted molar refractivity (Wildman–Crippen MR) is 68.3 cm³/mol. The third-order valence-corrected chi connectivity index (χ3v) is 2.92. The van der Waals surface area contributed by atoms with Crippen LogP contribution in [-0.4, -0.2) is 27.9 Å². The minimum Gasteiger partial charge on any atom is -0.461 e. The van der Waals surface area contributed by atoms with Crippen LogP contribution >= 0.6 is 11.3 Å². The second-order valence-electron chi connectivity index (χ2n) is 3.50. The van der Waals surface area contributed by atoms with E-state index < -0.39 is 5.97 Å². The second kappa shape index (κ2) is 6.26. The second-order valence-corrected chi connectivity index (χ2v) is 4.44. The highest BCUT2D eigenvalue weighted by Crippen LogP contribution is 2.25. The van der Waals surface area contributed by atoms with Gasteiger partial charge in [-0.05, 0) is 36.0 Å². The SMILES string of the molecule is CCOC(=O)c1nnc(Oc2cccc(CO)c2)s1. The molecule has 0 atom stereocenters. The van der Waals surface area contributed by atoms with Crippen molar-refractivity contribution in [1.82, 2.24) is 10.2 Å². The molecular formula is C12H12N2O4S. The van der Waals surface area contributed by atoms with E-state index in [1.807, 2.05) is 0 Å². The molecule has 0 saturated carbocycles. The number of rotatable bonds is 5. The third-order valence-electron chi connectivity index (χ3n) is 2.14. The fourth-order valence-corrected chi connectivity index (χ4v) is 1.94. The van der Waals surface area contributed by atoms with E-state index in [2.05, 4.69) is 10.2 Å². The molecule has 100 valence electrons. The molecule has 0 bridgehead atoms. The summed E-state index contributed by atoms with van der Waals surface area (Å²) in [6, 6.07) is 6.95. The van der Waals surface area contributed by atoms with Gasteiger partial charge in [0.2, 0.25) is 5.01 Å². The Morgan fingerprint density at radius 3 is 3.00 bits per heavy atom. The van der Waals surface area contributed by atoms with Crippen LogP contribution in [0.5, 0.6) is 10.9 Å². The lowest BCUT2D eigenvalue weighted by atomic mass is 10.2. The van der Waals surface area contributed by atoms with Crippen molar-refractivity contribution in [2.75, 3.05) is 6.61 Å². The highest BCUT2D eigenvalue weighted by atomic mass is 32.1. The van der Waals surface area contributed by atoms with E-state index in [0.29, 0.717) is 5.75 Å². The zero-order valence-electron chi connectivity index (χ0n) is 10.2. The lowest BCUT2D eigenvalue weighted by Crippen LogP contribution is -2.03. The molecule has 0 radical (unpaired) electrons. The van der Waals surface area contributed by atoms with Gasteiger partial charge in [-0.2, -0.15) is 0 Å². The van der Waals surface area contributed by atoms with E-state index in [0.717, 1.165) is 16.9 Å². The minimum absolute atomic E-state index is 0.0681. The molecule has 7 heteroatoms. The number of benzene rings is 1. The quantitative estimate of drug-likeness (QED) is 0.844. The summed E-state index contributed by atoms with van der Waals surface area (Å²) in [5.74, 6) is 0.0112. The fourth-order valence-electron chi connectivity index (χ4n) is 1.33. The molecule has 0 aliphatic rings. The molecule has 2 aromatic rings. The molecule has 0 unspecified atom stereocenters. The number of ether oxygens (including phenoxy) is 2. The molecular weight excluding hydrogens is 268 g/mol. The molecule has 6 nitrogen and oxygen atoms in total. The van der Waals surface area contributed by atoms with E-state index in [4.69, 9.17) is 14.6 Å². The van der Waals surface area contributed by atoms with Crippen LogP contribution in [0.15, 0.2) is 24.3 Å². The molecule has 0 aliphatic carbocycles. The van der Waals surface area contributed by atoms with Gasteiger partial charge in [-0.1, -0.05) is 17.2 Å². The van der Waals surface area contributed by atoms with Gasteiger partial charge in [0.15, 0.2) is 0 Å². The Hall–Kier alpha value is -1.99. The van der Waals surface area contributed by atoms with Crippen LogP contribution in [-0.2, 0) is 11.3 Å². The zero-order valence-corrected chi connectivity index (χ0v) is 11.0. The Morgan fingerprint density at radius 2 is 2.26 bits per heavy atom. The van der Waals surface area contributed by atoms with Gasteiger partial charge in [0, 0.05) is 0 Å². The number of hydrogen-bond acceptors (Lipinski definition) is 7. The van der Waals surface area contributed by atoms with Crippen LogP contribution < -0.4 is 4.74 Å². The standard InChI is InChI=1S/C12H12N2O4S/c1-2-17-11(16)10-13-14-12(19-10)18-9-5-3-4-8(6-9)7-15/h3-6,15H,2,7H2,1H3. The lowest BCUT2D eigenvalue weighted by Gasteiger charge is -2.02. The number of esters is 1. The maximum atomic E-state index is 11.4. The molecule has 19 heavy (non-hydrogen) atoms. The van der Waals surface area contributed by atoms with Gasteiger partial charge in [0.1, 0.15) is 5.75 Å². The molecule has 0 aliphatic heterocycles. The summed E-state index contributed by atoms with van der Waals surface area (Å²) < 4.78 is 10.3. The molecule has 1 N–H and O–H groups in total. The predicted octanol–water partition coefficient (Wildman–Crippen LogP) is 2.00. The minimum atomic E-state index is -0.515. The summed E-state index contributed by atoms with van der Waals surface area (Å²) in [6.07, 6.45) is 0. The average molecular weight is 280 g/mol. The first-order valence-corrected chi connectivity index (χ1v) is 6.43. The Kier molecular flexibility index (Phi) is 4.43. The summed E-state index contributed by atoms with van der Waals surface area (Å²) in [7, 11) is 0. The number of aromatic nitrogens is 2. The summed E-state index contributed by atoms with van der Waals surface area (Å²) in [5.41, 5.74) is 0.729. The molecule has 1 heterocycles. The summed E-state index contributed by atoms with van der Waals surface area (Å²) >= 11 is 1.01. The van der Waals surface area contributed by atoms with Crippen molar-refractivity contribution in [2.45, 2.75) is 13.5 Å². The zero-order chi connectivity index (χ0) is 13.7. The van der Waals surface area contributed by atoms with Gasteiger partial charge < -0.3 is 14.6 Å². The molecule has 0 spiro atoms. The Bertz CT molecular complexity index is 570. The van der Waals surface area contributed by atoms with Crippen molar-refractivity contribution in [2.24, 2.45) is 0 Å². The summed E-state index contributed by atoms with van der Waals surface area (Å²) in [5, 5.41) is 16.9. The number of aliphatic hydroxyl groups excluding tert-OH is 1. The maximum Gasteiger partial charge on any atom is 0.369 e. The fraction of sp³-hybridized carbons (Fsp3) is 0.250. The monoisotopic (exact) mass is 280 g/mol. The number of carbonyl (C=O) groups is 1. The smallest absolute Gasteiger partial charge is 0.369 e. The van der Waals surface area contributed by atoms with Crippen LogP contribution in [0.4, 0.5) is 0 Å². The first-order valence-electron chi connectivity index (χ1n) is 5.61. The van der Waals surface area contributed by atoms with Crippen LogP contribution in [0.3, 0.4) is 0 Å². The van der Waals surface area contributed by atoms with E-state index in [9.17, 15) is 4.79 Å². The van der Waals surface area contributed by atoms with Crippen LogP contribution in [0.1, 0.15) is 22.3 Å². The number of aliphatic hydroxyl groups is 1.